The molecule has 0 amide bonds. The van der Waals surface area contributed by atoms with Crippen molar-refractivity contribution in [2.24, 2.45) is 0 Å². The number of aliphatic hydroxyl groups excluding tert-OH is 1. The number of aliphatic hydroxyl groups is 1. The van der Waals surface area contributed by atoms with Crippen LogP contribution in [0.2, 0.25) is 0 Å². The highest BCUT2D eigenvalue weighted by Crippen LogP contribution is 2.52. The van der Waals surface area contributed by atoms with E-state index in [-0.39, 0.29) is 23.9 Å². The monoisotopic (exact) mass is 372 g/mol. The Morgan fingerprint density at radius 3 is 2.48 bits per heavy atom. The van der Waals surface area contributed by atoms with E-state index in [1.807, 2.05) is 6.07 Å². The molecule has 1 heterocycles. The van der Waals surface area contributed by atoms with Gasteiger partial charge in [0.05, 0.1) is 26.7 Å². The van der Waals surface area contributed by atoms with Crippen molar-refractivity contribution in [1.82, 2.24) is 0 Å². The van der Waals surface area contributed by atoms with Crippen molar-refractivity contribution in [3.05, 3.63) is 47.0 Å². The number of rotatable bonds is 6. The van der Waals surface area contributed by atoms with E-state index in [0.717, 1.165) is 11.1 Å². The molecule has 142 valence electrons. The molecule has 0 aliphatic carbocycles. The normalized spacial score (nSPS) is 18.2. The van der Waals surface area contributed by atoms with Crippen molar-refractivity contribution in [2.75, 3.05) is 20.8 Å². The number of methoxy groups -OCH3 is 2. The highest BCUT2D eigenvalue weighted by atomic mass is 16.5. The van der Waals surface area contributed by atoms with Crippen molar-refractivity contribution >= 4 is 12.4 Å². The minimum absolute atomic E-state index is 0.0998. The van der Waals surface area contributed by atoms with E-state index in [0.29, 0.717) is 23.3 Å². The van der Waals surface area contributed by atoms with Gasteiger partial charge in [-0.2, -0.15) is 0 Å². The zero-order valence-corrected chi connectivity index (χ0v) is 14.9. The van der Waals surface area contributed by atoms with E-state index < -0.39 is 12.0 Å². The maximum atomic E-state index is 10.6. The van der Waals surface area contributed by atoms with Gasteiger partial charge in [0.2, 0.25) is 5.75 Å². The first-order chi connectivity index (χ1) is 13.0. The summed E-state index contributed by atoms with van der Waals surface area (Å²) in [5.74, 6) is -0.0985. The second-order valence-electron chi connectivity index (χ2n) is 6.06. The van der Waals surface area contributed by atoms with Crippen LogP contribution >= 0.6 is 0 Å². The molecule has 2 aromatic rings. The van der Waals surface area contributed by atoms with E-state index in [1.54, 1.807) is 18.2 Å². The first-order valence-electron chi connectivity index (χ1n) is 8.25. The second kappa shape index (κ2) is 7.59. The van der Waals surface area contributed by atoms with Gasteiger partial charge in [0, 0.05) is 11.1 Å². The molecule has 27 heavy (non-hydrogen) atoms. The summed E-state index contributed by atoms with van der Waals surface area (Å²) in [6.45, 7) is -0.217. The molecule has 2 atom stereocenters. The minimum Gasteiger partial charge on any atom is -0.504 e. The van der Waals surface area contributed by atoms with Crippen LogP contribution in [0, 0.1) is 0 Å². The molecular weight excluding hydrogens is 352 g/mol. The average molecular weight is 372 g/mol. The van der Waals surface area contributed by atoms with Crippen LogP contribution in [0.1, 0.15) is 28.7 Å². The maximum absolute atomic E-state index is 10.6. The summed E-state index contributed by atoms with van der Waals surface area (Å²) < 4.78 is 16.5. The Bertz CT molecular complexity index is 888. The summed E-state index contributed by atoms with van der Waals surface area (Å²) in [5, 5.41) is 29.8. The zero-order valence-electron chi connectivity index (χ0n) is 14.9. The lowest BCUT2D eigenvalue weighted by atomic mass is 9.90. The van der Waals surface area contributed by atoms with Gasteiger partial charge >= 0.3 is 0 Å². The van der Waals surface area contributed by atoms with Gasteiger partial charge in [0.15, 0.2) is 23.0 Å². The molecule has 3 rings (SSSR count). The van der Waals surface area contributed by atoms with Gasteiger partial charge in [0.1, 0.15) is 12.4 Å². The maximum Gasteiger partial charge on any atom is 0.200 e. The lowest BCUT2D eigenvalue weighted by molar-refractivity contribution is -0.104. The SMILES string of the molecule is COc1cc(C2Oc3c(OC)cc(C=CC=O)cc3C2CO)cc(O)c1O. The molecular formula is C20H20O7. The van der Waals surface area contributed by atoms with Crippen LogP contribution in [0.3, 0.4) is 0 Å². The third-order valence-corrected chi connectivity index (χ3v) is 4.53. The summed E-state index contributed by atoms with van der Waals surface area (Å²) in [7, 11) is 2.88. The third kappa shape index (κ3) is 3.29. The fourth-order valence-corrected chi connectivity index (χ4v) is 3.25. The largest absolute Gasteiger partial charge is 0.504 e. The van der Waals surface area contributed by atoms with Crippen molar-refractivity contribution in [3.63, 3.8) is 0 Å². The van der Waals surface area contributed by atoms with E-state index in [2.05, 4.69) is 0 Å². The molecule has 3 N–H and O–H groups in total. The lowest BCUT2D eigenvalue weighted by Crippen LogP contribution is -2.13. The molecule has 7 heteroatoms. The van der Waals surface area contributed by atoms with Crippen LogP contribution in [0.15, 0.2) is 30.3 Å². The Labute approximate surface area is 156 Å². The molecule has 0 saturated carbocycles. The number of carbonyl (C=O) groups excluding carboxylic acids is 1. The van der Waals surface area contributed by atoms with Crippen LogP contribution in [0.5, 0.6) is 28.7 Å². The van der Waals surface area contributed by atoms with Gasteiger partial charge < -0.3 is 29.5 Å². The third-order valence-electron chi connectivity index (χ3n) is 4.53. The predicted octanol–water partition coefficient (Wildman–Crippen LogP) is 2.54. The summed E-state index contributed by atoms with van der Waals surface area (Å²) in [6, 6.07) is 6.46. The van der Waals surface area contributed by atoms with Crippen molar-refractivity contribution in [1.29, 1.82) is 0 Å². The van der Waals surface area contributed by atoms with Crippen molar-refractivity contribution in [3.8, 4) is 28.7 Å². The summed E-state index contributed by atoms with van der Waals surface area (Å²) >= 11 is 0. The summed E-state index contributed by atoms with van der Waals surface area (Å²) in [6.07, 6.45) is 3.05. The summed E-state index contributed by atoms with van der Waals surface area (Å²) in [5.41, 5.74) is 1.98. The van der Waals surface area contributed by atoms with Crippen LogP contribution in [0.25, 0.3) is 6.08 Å². The molecule has 0 radical (unpaired) electrons. The Balaban J connectivity index is 2.09. The number of aldehydes is 1. The number of hydrogen-bond acceptors (Lipinski definition) is 7. The van der Waals surface area contributed by atoms with Gasteiger partial charge in [-0.05, 0) is 35.9 Å². The molecule has 0 spiro atoms. The Kier molecular flexibility index (Phi) is 5.23. The van der Waals surface area contributed by atoms with Crippen LogP contribution in [0.4, 0.5) is 0 Å². The number of carbonyl (C=O) groups is 1. The Morgan fingerprint density at radius 1 is 1.11 bits per heavy atom. The van der Waals surface area contributed by atoms with Gasteiger partial charge in [-0.25, -0.2) is 0 Å². The zero-order chi connectivity index (χ0) is 19.6. The van der Waals surface area contributed by atoms with Crippen molar-refractivity contribution in [2.45, 2.75) is 12.0 Å². The van der Waals surface area contributed by atoms with Gasteiger partial charge in [0.25, 0.3) is 0 Å². The quantitative estimate of drug-likeness (QED) is 0.406. The first-order valence-corrected chi connectivity index (χ1v) is 8.25. The molecule has 0 saturated heterocycles. The number of hydrogen-bond donors (Lipinski definition) is 3. The van der Waals surface area contributed by atoms with Crippen LogP contribution in [-0.2, 0) is 4.79 Å². The number of phenolic OH excluding ortho intramolecular Hbond substituents is 2. The molecule has 0 aromatic heterocycles. The molecule has 1 aliphatic heterocycles. The smallest absolute Gasteiger partial charge is 0.200 e. The number of phenols is 2. The van der Waals surface area contributed by atoms with E-state index >= 15 is 0 Å². The highest BCUT2D eigenvalue weighted by Gasteiger charge is 2.38. The fourth-order valence-electron chi connectivity index (χ4n) is 3.25. The standard InChI is InChI=1S/C20H20O7/c1-25-16-9-12(8-15(23)18(16)24)19-14(10-22)13-6-11(4-3-5-21)7-17(26-2)20(13)27-19/h3-9,14,19,22-24H,10H2,1-2H3. The average Bonchev–Trinajstić information content (AvgIpc) is 3.06. The molecule has 1 aliphatic rings. The van der Waals surface area contributed by atoms with E-state index in [1.165, 1.54) is 26.4 Å². The number of allylic oxidation sites excluding steroid dienone is 1. The number of ether oxygens (including phenoxy) is 3. The van der Waals surface area contributed by atoms with Gasteiger partial charge in [-0.1, -0.05) is 6.08 Å². The van der Waals surface area contributed by atoms with E-state index in [9.17, 15) is 20.1 Å². The number of benzene rings is 2. The fraction of sp³-hybridized carbons (Fsp3) is 0.250. The lowest BCUT2D eigenvalue weighted by Gasteiger charge is -2.19. The van der Waals surface area contributed by atoms with Crippen LogP contribution in [-0.4, -0.2) is 42.4 Å². The highest BCUT2D eigenvalue weighted by molar-refractivity contribution is 5.75. The molecule has 7 nitrogen and oxygen atoms in total. The first kappa shape index (κ1) is 18.6. The Morgan fingerprint density at radius 2 is 1.85 bits per heavy atom. The van der Waals surface area contributed by atoms with Crippen molar-refractivity contribution < 1.29 is 34.3 Å². The molecule has 0 bridgehead atoms. The van der Waals surface area contributed by atoms with Gasteiger partial charge in [-0.15, -0.1) is 0 Å². The van der Waals surface area contributed by atoms with Gasteiger partial charge in [-0.3, -0.25) is 4.79 Å². The second-order valence-corrected chi connectivity index (χ2v) is 6.06. The molecule has 0 fully saturated rings. The Hall–Kier alpha value is -3.19. The van der Waals surface area contributed by atoms with Crippen LogP contribution < -0.4 is 14.2 Å². The molecule has 2 unspecified atom stereocenters. The molecule has 2 aromatic carbocycles. The van der Waals surface area contributed by atoms with E-state index in [4.69, 9.17) is 14.2 Å². The number of fused-ring (bicyclic) bond motifs is 1. The summed E-state index contributed by atoms with van der Waals surface area (Å²) in [4.78, 5) is 10.6. The topological polar surface area (TPSA) is 105 Å². The minimum atomic E-state index is -0.621. The predicted molar refractivity (Wildman–Crippen MR) is 97.6 cm³/mol. The number of aromatic hydroxyl groups is 2.